The van der Waals surface area contributed by atoms with Crippen LogP contribution in [-0.2, 0) is 9.59 Å². The molecule has 1 N–H and O–H groups in total. The van der Waals surface area contributed by atoms with Gasteiger partial charge in [0.15, 0.2) is 0 Å². The van der Waals surface area contributed by atoms with Gasteiger partial charge in [-0.25, -0.2) is 0 Å². The lowest BCUT2D eigenvalue weighted by Gasteiger charge is -2.54. The minimum absolute atomic E-state index is 0.0697. The third-order valence-electron chi connectivity index (χ3n) is 6.28. The number of nitrogens with one attached hydrogen (secondary N) is 1. The van der Waals surface area contributed by atoms with Crippen LogP contribution < -0.4 is 5.32 Å². The lowest BCUT2D eigenvalue weighted by molar-refractivity contribution is -0.154. The number of carbonyl (C=O) groups is 2. The topological polar surface area (TPSA) is 72.0 Å². The van der Waals surface area contributed by atoms with Crippen LogP contribution in [0.25, 0.3) is 0 Å². The van der Waals surface area contributed by atoms with Crippen molar-refractivity contribution in [2.75, 3.05) is 5.32 Å². The zero-order valence-corrected chi connectivity index (χ0v) is 15.2. The van der Waals surface area contributed by atoms with Crippen LogP contribution in [0.4, 0.5) is 5.13 Å². The number of carbonyl (C=O) groups excluding carboxylic acids is 2. The van der Waals surface area contributed by atoms with Crippen LogP contribution in [-0.4, -0.2) is 21.9 Å². The van der Waals surface area contributed by atoms with E-state index in [2.05, 4.69) is 29.4 Å². The first-order valence-electron chi connectivity index (χ1n) is 9.19. The fourth-order valence-corrected chi connectivity index (χ4v) is 6.12. The Balaban J connectivity index is 1.48. The summed E-state index contributed by atoms with van der Waals surface area (Å²) in [5.74, 6) is 1.67. The van der Waals surface area contributed by atoms with Gasteiger partial charge >= 0.3 is 0 Å². The highest BCUT2D eigenvalue weighted by atomic mass is 32.1. The number of nitrogens with zero attached hydrogens (tertiary/aromatic N) is 2. The summed E-state index contributed by atoms with van der Waals surface area (Å²) in [6.07, 6.45) is 6.62. The monoisotopic (exact) mass is 347 g/mol. The van der Waals surface area contributed by atoms with E-state index in [9.17, 15) is 9.59 Å². The minimum Gasteiger partial charge on any atom is -0.300 e. The number of aromatic nitrogens is 2. The molecule has 5 rings (SSSR count). The largest absolute Gasteiger partial charge is 0.300 e. The summed E-state index contributed by atoms with van der Waals surface area (Å²) in [6, 6.07) is 0. The van der Waals surface area contributed by atoms with E-state index in [1.165, 1.54) is 11.3 Å². The van der Waals surface area contributed by atoms with Crippen LogP contribution in [0.5, 0.6) is 0 Å². The molecule has 0 radical (unpaired) electrons. The lowest BCUT2D eigenvalue weighted by atomic mass is 9.49. The SMILES string of the molecule is CCC[C@H](C)c1nnc(NC(=O)C23CC4C[C@@H](C2)C(=O)[C@@H](C4)C3)s1. The van der Waals surface area contributed by atoms with Gasteiger partial charge < -0.3 is 5.32 Å². The van der Waals surface area contributed by atoms with Crippen molar-refractivity contribution >= 4 is 28.2 Å². The second kappa shape index (κ2) is 5.90. The van der Waals surface area contributed by atoms with Gasteiger partial charge in [0.25, 0.3) is 0 Å². The maximum Gasteiger partial charge on any atom is 0.232 e. The molecule has 1 heterocycles. The Bertz CT molecular complexity index is 653. The number of ketones is 1. The predicted molar refractivity (Wildman–Crippen MR) is 92.9 cm³/mol. The number of anilines is 1. The highest BCUT2D eigenvalue weighted by Gasteiger charge is 2.58. The van der Waals surface area contributed by atoms with E-state index in [0.717, 1.165) is 50.0 Å². The number of hydrogen-bond donors (Lipinski definition) is 1. The molecule has 1 aromatic rings. The van der Waals surface area contributed by atoms with Gasteiger partial charge in [-0.1, -0.05) is 31.6 Å². The van der Waals surface area contributed by atoms with E-state index in [0.29, 0.717) is 22.8 Å². The molecule has 1 amide bonds. The Morgan fingerprint density at radius 1 is 1.29 bits per heavy atom. The van der Waals surface area contributed by atoms with Crippen LogP contribution in [0.2, 0.25) is 0 Å². The Morgan fingerprint density at radius 3 is 2.67 bits per heavy atom. The van der Waals surface area contributed by atoms with Gasteiger partial charge in [-0.05, 0) is 44.4 Å². The molecule has 0 saturated heterocycles. The number of Topliss-reactive ketones (excluding diaryl/α,β-unsaturated/α-hetero) is 1. The summed E-state index contributed by atoms with van der Waals surface area (Å²) in [7, 11) is 0. The smallest absolute Gasteiger partial charge is 0.232 e. The summed E-state index contributed by atoms with van der Waals surface area (Å²) < 4.78 is 0. The maximum absolute atomic E-state index is 13.0. The number of amides is 1. The minimum atomic E-state index is -0.342. The zero-order valence-electron chi connectivity index (χ0n) is 14.4. The average molecular weight is 347 g/mol. The van der Waals surface area contributed by atoms with Crippen molar-refractivity contribution in [2.45, 2.75) is 64.7 Å². The highest BCUT2D eigenvalue weighted by Crippen LogP contribution is 2.58. The predicted octanol–water partition coefficient (Wildman–Crippen LogP) is 3.78. The molecule has 4 fully saturated rings. The quantitative estimate of drug-likeness (QED) is 0.880. The first-order chi connectivity index (χ1) is 11.5. The van der Waals surface area contributed by atoms with Gasteiger partial charge in [0.1, 0.15) is 10.8 Å². The molecule has 130 valence electrons. The Kier molecular flexibility index (Phi) is 3.98. The highest BCUT2D eigenvalue weighted by molar-refractivity contribution is 7.15. The van der Waals surface area contributed by atoms with Crippen molar-refractivity contribution in [3.05, 3.63) is 5.01 Å². The van der Waals surface area contributed by atoms with Crippen LogP contribution in [0.1, 0.15) is 69.7 Å². The molecule has 6 heteroatoms. The molecule has 4 bridgehead atoms. The second-order valence-corrected chi connectivity index (χ2v) is 9.12. The van der Waals surface area contributed by atoms with E-state index >= 15 is 0 Å². The molecule has 24 heavy (non-hydrogen) atoms. The van der Waals surface area contributed by atoms with Crippen molar-refractivity contribution in [2.24, 2.45) is 23.2 Å². The second-order valence-electron chi connectivity index (χ2n) is 8.12. The summed E-state index contributed by atoms with van der Waals surface area (Å²) >= 11 is 1.49. The van der Waals surface area contributed by atoms with Crippen molar-refractivity contribution in [3.8, 4) is 0 Å². The standard InChI is InChI=1S/C18H25N3O2S/c1-3-4-10(2)15-20-21-17(24-15)19-16(23)18-7-11-5-12(8-18)14(22)13(6-11)9-18/h10-13H,3-9H2,1-2H3,(H,19,21,23)/t10-,11?,12-,13-,18?/m0/s1. The summed E-state index contributed by atoms with van der Waals surface area (Å²) in [5, 5.41) is 13.0. The van der Waals surface area contributed by atoms with Crippen LogP contribution in [0.15, 0.2) is 0 Å². The summed E-state index contributed by atoms with van der Waals surface area (Å²) in [6.45, 7) is 4.31. The summed E-state index contributed by atoms with van der Waals surface area (Å²) in [5.41, 5.74) is -0.342. The molecule has 0 aromatic carbocycles. The molecule has 0 spiro atoms. The Morgan fingerprint density at radius 2 is 2.00 bits per heavy atom. The molecule has 3 atom stereocenters. The molecule has 4 saturated carbocycles. The normalized spacial score (nSPS) is 35.2. The molecule has 4 aliphatic rings. The van der Waals surface area contributed by atoms with E-state index < -0.39 is 0 Å². The summed E-state index contributed by atoms with van der Waals surface area (Å²) in [4.78, 5) is 25.3. The third-order valence-corrected chi connectivity index (χ3v) is 7.35. The van der Waals surface area contributed by atoms with Gasteiger partial charge in [0.2, 0.25) is 11.0 Å². The van der Waals surface area contributed by atoms with E-state index in [4.69, 9.17) is 0 Å². The van der Waals surface area contributed by atoms with E-state index in [1.807, 2.05) is 0 Å². The molecule has 0 unspecified atom stereocenters. The first kappa shape index (κ1) is 16.2. The van der Waals surface area contributed by atoms with Gasteiger partial charge in [-0.2, -0.15) is 0 Å². The molecule has 1 aromatic heterocycles. The molecule has 5 nitrogen and oxygen atoms in total. The molecular formula is C18H25N3O2S. The van der Waals surface area contributed by atoms with Crippen molar-refractivity contribution in [1.82, 2.24) is 10.2 Å². The Hall–Kier alpha value is -1.30. The fourth-order valence-electron chi connectivity index (χ4n) is 5.30. The van der Waals surface area contributed by atoms with Gasteiger partial charge in [-0.3, -0.25) is 9.59 Å². The van der Waals surface area contributed by atoms with Crippen LogP contribution in [0, 0.1) is 23.2 Å². The van der Waals surface area contributed by atoms with E-state index in [-0.39, 0.29) is 23.2 Å². The van der Waals surface area contributed by atoms with Crippen molar-refractivity contribution in [3.63, 3.8) is 0 Å². The first-order valence-corrected chi connectivity index (χ1v) is 10.0. The maximum atomic E-state index is 13.0. The third kappa shape index (κ3) is 2.59. The molecule has 4 aliphatic carbocycles. The van der Waals surface area contributed by atoms with Crippen molar-refractivity contribution in [1.29, 1.82) is 0 Å². The van der Waals surface area contributed by atoms with Crippen molar-refractivity contribution < 1.29 is 9.59 Å². The molecule has 0 aliphatic heterocycles. The zero-order chi connectivity index (χ0) is 16.9. The number of rotatable bonds is 5. The lowest BCUT2D eigenvalue weighted by Crippen LogP contribution is -2.55. The van der Waals surface area contributed by atoms with E-state index in [1.54, 1.807) is 0 Å². The van der Waals surface area contributed by atoms with Crippen LogP contribution in [0.3, 0.4) is 0 Å². The fraction of sp³-hybridized carbons (Fsp3) is 0.778. The molecular weight excluding hydrogens is 322 g/mol. The average Bonchev–Trinajstić information content (AvgIpc) is 3.00. The number of hydrogen-bond acceptors (Lipinski definition) is 5. The van der Waals surface area contributed by atoms with Crippen LogP contribution >= 0.6 is 11.3 Å². The van der Waals surface area contributed by atoms with Gasteiger partial charge in [0, 0.05) is 17.8 Å². The van der Waals surface area contributed by atoms with Gasteiger partial charge in [-0.15, -0.1) is 10.2 Å². The van der Waals surface area contributed by atoms with Gasteiger partial charge in [0.05, 0.1) is 5.41 Å². The Labute approximate surface area is 146 Å².